The number of hydrogen-bond donors (Lipinski definition) is 1. The lowest BCUT2D eigenvalue weighted by Gasteiger charge is -2.32. The van der Waals surface area contributed by atoms with Gasteiger partial charge in [-0.05, 0) is 50.5 Å². The second-order valence-electron chi connectivity index (χ2n) is 8.75. The topological polar surface area (TPSA) is 130 Å². The molecule has 2 aromatic rings. The van der Waals surface area contributed by atoms with Gasteiger partial charge in [0.05, 0.1) is 16.9 Å². The van der Waals surface area contributed by atoms with Gasteiger partial charge in [0.1, 0.15) is 12.6 Å². The van der Waals surface area contributed by atoms with Crippen molar-refractivity contribution in [1.82, 2.24) is 10.2 Å². The number of nitro benzene ring substituents is 1. The van der Waals surface area contributed by atoms with Crippen LogP contribution >= 0.6 is 23.2 Å². The van der Waals surface area contributed by atoms with Crippen LogP contribution in [-0.4, -0.2) is 54.9 Å². The second-order valence-corrected chi connectivity index (χ2v) is 11.5. The van der Waals surface area contributed by atoms with E-state index in [1.165, 1.54) is 30.0 Å². The average Bonchev–Trinajstić information content (AvgIpc) is 2.81. The zero-order valence-corrected chi connectivity index (χ0v) is 23.5. The summed E-state index contributed by atoms with van der Waals surface area (Å²) in [7, 11) is -4.05. The summed E-state index contributed by atoms with van der Waals surface area (Å²) >= 11 is 12.3. The number of nitrogens with zero attached hydrogens (tertiary/aromatic N) is 3. The summed E-state index contributed by atoms with van der Waals surface area (Å²) in [6.07, 6.45) is 1.57. The van der Waals surface area contributed by atoms with E-state index in [1.54, 1.807) is 19.1 Å². The first-order chi connectivity index (χ1) is 17.1. The number of non-ortho nitro benzene ring substituents is 1. The maximum absolute atomic E-state index is 13.6. The fourth-order valence-electron chi connectivity index (χ4n) is 3.46. The molecule has 0 aliphatic rings. The van der Waals surface area contributed by atoms with E-state index >= 15 is 0 Å². The molecule has 37 heavy (non-hydrogen) atoms. The lowest BCUT2D eigenvalue weighted by atomic mass is 10.1. The quantitative estimate of drug-likeness (QED) is 0.315. The Bertz CT molecular complexity index is 1290. The predicted octanol–water partition coefficient (Wildman–Crippen LogP) is 4.31. The van der Waals surface area contributed by atoms with Crippen molar-refractivity contribution in [2.45, 2.75) is 52.7 Å². The van der Waals surface area contributed by atoms with E-state index in [0.717, 1.165) is 16.6 Å². The zero-order chi connectivity index (χ0) is 28.1. The summed E-state index contributed by atoms with van der Waals surface area (Å²) in [5, 5.41) is 14.8. The minimum atomic E-state index is -4.05. The first kappa shape index (κ1) is 30.3. The van der Waals surface area contributed by atoms with Gasteiger partial charge in [0.2, 0.25) is 21.8 Å². The molecule has 0 aromatic heterocycles. The first-order valence-corrected chi connectivity index (χ1v) is 14.0. The van der Waals surface area contributed by atoms with Crippen LogP contribution < -0.4 is 9.62 Å². The third kappa shape index (κ3) is 8.05. The number of benzene rings is 2. The molecule has 0 saturated heterocycles. The molecule has 0 aliphatic carbocycles. The molecular weight excluding hydrogens is 543 g/mol. The van der Waals surface area contributed by atoms with Crippen LogP contribution in [0.25, 0.3) is 0 Å². The van der Waals surface area contributed by atoms with Gasteiger partial charge in [0, 0.05) is 34.8 Å². The third-order valence-corrected chi connectivity index (χ3v) is 7.59. The lowest BCUT2D eigenvalue weighted by molar-refractivity contribution is -0.384. The summed E-state index contributed by atoms with van der Waals surface area (Å²) in [6, 6.07) is 7.32. The third-order valence-electron chi connectivity index (χ3n) is 5.88. The molecule has 0 fully saturated rings. The molecule has 0 saturated carbocycles. The highest BCUT2D eigenvalue weighted by Gasteiger charge is 2.32. The summed E-state index contributed by atoms with van der Waals surface area (Å²) in [5.41, 5.74) is 0.581. The van der Waals surface area contributed by atoms with Gasteiger partial charge < -0.3 is 10.2 Å². The lowest BCUT2D eigenvalue weighted by Crippen LogP contribution is -2.52. The molecule has 2 rings (SSSR count). The Balaban J connectivity index is 2.51. The molecule has 0 unspecified atom stereocenters. The van der Waals surface area contributed by atoms with Gasteiger partial charge in [-0.1, -0.05) is 42.3 Å². The highest BCUT2D eigenvalue weighted by Crippen LogP contribution is 2.28. The maximum atomic E-state index is 13.6. The summed E-state index contributed by atoms with van der Waals surface area (Å²) in [4.78, 5) is 38.4. The predicted molar refractivity (Wildman–Crippen MR) is 144 cm³/mol. The molecule has 10 nitrogen and oxygen atoms in total. The van der Waals surface area contributed by atoms with Gasteiger partial charge in [-0.3, -0.25) is 24.0 Å². The van der Waals surface area contributed by atoms with Crippen LogP contribution in [0.4, 0.5) is 11.4 Å². The number of aryl methyl sites for hydroxylation is 1. The highest BCUT2D eigenvalue weighted by atomic mass is 35.5. The van der Waals surface area contributed by atoms with Gasteiger partial charge in [-0.15, -0.1) is 0 Å². The minimum Gasteiger partial charge on any atom is -0.352 e. The molecule has 0 heterocycles. The van der Waals surface area contributed by atoms with E-state index in [-0.39, 0.29) is 29.0 Å². The van der Waals surface area contributed by atoms with Gasteiger partial charge in [-0.25, -0.2) is 8.42 Å². The SMILES string of the molecule is CC[C@H](C)NC(=O)[C@H](C)N(Cc1ccc(Cl)cc1Cl)C(=O)CN(c1cc([N+](=O)[O-])ccc1C)S(C)(=O)=O. The Morgan fingerprint density at radius 3 is 2.32 bits per heavy atom. The molecule has 0 bridgehead atoms. The van der Waals surface area contributed by atoms with Crippen molar-refractivity contribution >= 4 is 56.4 Å². The number of carbonyl (C=O) groups is 2. The zero-order valence-electron chi connectivity index (χ0n) is 21.2. The van der Waals surface area contributed by atoms with Crippen LogP contribution in [-0.2, 0) is 26.2 Å². The van der Waals surface area contributed by atoms with E-state index in [2.05, 4.69) is 5.32 Å². The molecule has 2 atom stereocenters. The van der Waals surface area contributed by atoms with Crippen molar-refractivity contribution < 1.29 is 22.9 Å². The molecule has 0 radical (unpaired) electrons. The molecule has 1 N–H and O–H groups in total. The van der Waals surface area contributed by atoms with Crippen molar-refractivity contribution in [2.24, 2.45) is 0 Å². The van der Waals surface area contributed by atoms with Crippen LogP contribution in [0.15, 0.2) is 36.4 Å². The molecule has 13 heteroatoms. The average molecular weight is 573 g/mol. The smallest absolute Gasteiger partial charge is 0.271 e. The number of amides is 2. The minimum absolute atomic E-state index is 0.00812. The maximum Gasteiger partial charge on any atom is 0.271 e. The summed E-state index contributed by atoms with van der Waals surface area (Å²) in [6.45, 7) is 6.04. The summed E-state index contributed by atoms with van der Waals surface area (Å²) in [5.74, 6) is -1.13. The standard InChI is InChI=1S/C24H30Cl2N4O6S/c1-6-16(3)27-24(32)17(4)28(13-18-8-9-19(25)11-21(18)26)23(31)14-29(37(5,35)36)22-12-20(30(33)34)10-7-15(22)2/h7-12,16-17H,6,13-14H2,1-5H3,(H,27,32)/t16-,17-/m0/s1. The number of nitrogens with one attached hydrogen (secondary N) is 1. The van der Waals surface area contributed by atoms with Crippen molar-refractivity contribution in [1.29, 1.82) is 0 Å². The fourth-order valence-corrected chi connectivity index (χ4v) is 4.82. The molecule has 2 aromatic carbocycles. The Hall–Kier alpha value is -2.89. The van der Waals surface area contributed by atoms with Gasteiger partial charge in [0.15, 0.2) is 0 Å². The van der Waals surface area contributed by atoms with E-state index in [1.807, 2.05) is 13.8 Å². The number of carbonyl (C=O) groups excluding carboxylic acids is 2. The Morgan fingerprint density at radius 2 is 1.78 bits per heavy atom. The molecule has 2 amide bonds. The van der Waals surface area contributed by atoms with Crippen LogP contribution in [0.3, 0.4) is 0 Å². The Kier molecular flexibility index (Phi) is 10.3. The van der Waals surface area contributed by atoms with Crippen LogP contribution in [0.2, 0.25) is 10.0 Å². The van der Waals surface area contributed by atoms with Crippen LogP contribution in [0, 0.1) is 17.0 Å². The number of nitro groups is 1. The van der Waals surface area contributed by atoms with Gasteiger partial charge >= 0.3 is 0 Å². The van der Waals surface area contributed by atoms with E-state index < -0.39 is 39.3 Å². The molecular formula is C24H30Cl2N4O6S. The van der Waals surface area contributed by atoms with Gasteiger partial charge in [0.25, 0.3) is 5.69 Å². The van der Waals surface area contributed by atoms with E-state index in [0.29, 0.717) is 22.6 Å². The molecule has 0 spiro atoms. The normalized spacial score (nSPS) is 12.9. The van der Waals surface area contributed by atoms with Crippen LogP contribution in [0.1, 0.15) is 38.3 Å². The Labute approximate surface area is 226 Å². The number of hydrogen-bond acceptors (Lipinski definition) is 6. The highest BCUT2D eigenvalue weighted by molar-refractivity contribution is 7.92. The van der Waals surface area contributed by atoms with Crippen LogP contribution in [0.5, 0.6) is 0 Å². The van der Waals surface area contributed by atoms with Crippen molar-refractivity contribution in [3.63, 3.8) is 0 Å². The molecule has 0 aliphatic heterocycles. The van der Waals surface area contributed by atoms with Crippen molar-refractivity contribution in [2.75, 3.05) is 17.1 Å². The number of halogens is 2. The first-order valence-electron chi connectivity index (χ1n) is 11.4. The second kappa shape index (κ2) is 12.6. The summed E-state index contributed by atoms with van der Waals surface area (Å²) < 4.78 is 26.3. The number of sulfonamides is 1. The van der Waals surface area contributed by atoms with Crippen molar-refractivity contribution in [3.8, 4) is 0 Å². The fraction of sp³-hybridized carbons (Fsp3) is 0.417. The number of rotatable bonds is 11. The van der Waals surface area contributed by atoms with E-state index in [9.17, 15) is 28.1 Å². The Morgan fingerprint density at radius 1 is 1.14 bits per heavy atom. The van der Waals surface area contributed by atoms with Crippen molar-refractivity contribution in [3.05, 3.63) is 67.7 Å². The monoisotopic (exact) mass is 572 g/mol. The molecule has 202 valence electrons. The number of anilines is 1. The van der Waals surface area contributed by atoms with E-state index in [4.69, 9.17) is 23.2 Å². The van der Waals surface area contributed by atoms with Gasteiger partial charge in [-0.2, -0.15) is 0 Å². The largest absolute Gasteiger partial charge is 0.352 e.